The van der Waals surface area contributed by atoms with E-state index in [1.807, 2.05) is 60.7 Å². The van der Waals surface area contributed by atoms with Gasteiger partial charge in [0.1, 0.15) is 6.23 Å². The lowest BCUT2D eigenvalue weighted by molar-refractivity contribution is -0.0247. The van der Waals surface area contributed by atoms with Gasteiger partial charge in [-0.05, 0) is 23.6 Å². The zero-order valence-corrected chi connectivity index (χ0v) is 24.2. The molecule has 2 unspecified atom stereocenters. The molecule has 216 valence electrons. The number of aromatic nitrogens is 2. The fourth-order valence-electron chi connectivity index (χ4n) is 5.40. The van der Waals surface area contributed by atoms with Crippen LogP contribution in [0.25, 0.3) is 0 Å². The van der Waals surface area contributed by atoms with Crippen LogP contribution in [0.3, 0.4) is 0 Å². The molecule has 2 N–H and O–H groups in total. The van der Waals surface area contributed by atoms with Crippen LogP contribution in [0.4, 0.5) is 0 Å². The first-order valence-corrected chi connectivity index (χ1v) is 14.6. The molecule has 1 saturated heterocycles. The third-order valence-corrected chi connectivity index (χ3v) is 8.00. The molecule has 0 amide bonds. The topological polar surface area (TPSA) is 118 Å². The summed E-state index contributed by atoms with van der Waals surface area (Å²) in [6.07, 6.45) is 1.16. The molecule has 9 nitrogen and oxygen atoms in total. The molecule has 5 rings (SSSR count). The second-order valence-electron chi connectivity index (χ2n) is 10.1. The van der Waals surface area contributed by atoms with Gasteiger partial charge >= 0.3 is 5.69 Å². The standard InChI is InChI=1S/C32H33N4O5P/c1-23-21-36(31(38)34-30(23)37)29-20-27(28(41-29)22-40-42-39-19-11-18-33)35-32(24-12-5-2-6-13-24,25-14-7-3-8-15-25)26-16-9-4-10-17-26/h2-10,12-17,21,27-29,35,42H,11,19-20,22H2,1H3,(H,34,37,38)/t27?,28-,29-/m1/s1. The van der Waals surface area contributed by atoms with Crippen molar-refractivity contribution in [3.63, 3.8) is 0 Å². The summed E-state index contributed by atoms with van der Waals surface area (Å²) in [5, 5.41) is 12.7. The largest absolute Gasteiger partial charge is 0.351 e. The number of nitrogens with one attached hydrogen (secondary N) is 2. The van der Waals surface area contributed by atoms with Crippen molar-refractivity contribution in [1.29, 1.82) is 5.26 Å². The molecule has 10 heteroatoms. The van der Waals surface area contributed by atoms with Gasteiger partial charge in [-0.1, -0.05) is 91.0 Å². The third-order valence-electron chi connectivity index (χ3n) is 7.40. The molecule has 0 radical (unpaired) electrons. The lowest BCUT2D eigenvalue weighted by Gasteiger charge is -2.40. The van der Waals surface area contributed by atoms with Gasteiger partial charge in [0.2, 0.25) is 0 Å². The van der Waals surface area contributed by atoms with E-state index in [1.54, 1.807) is 6.92 Å². The molecule has 1 fully saturated rings. The summed E-state index contributed by atoms with van der Waals surface area (Å²) in [6, 6.07) is 32.5. The van der Waals surface area contributed by atoms with Gasteiger partial charge in [0, 0.05) is 24.2 Å². The average Bonchev–Trinajstić information content (AvgIpc) is 3.42. The maximum Gasteiger partial charge on any atom is 0.330 e. The Kier molecular flexibility index (Phi) is 9.75. The minimum atomic E-state index is -0.762. The van der Waals surface area contributed by atoms with E-state index in [9.17, 15) is 9.59 Å². The monoisotopic (exact) mass is 584 g/mol. The molecule has 4 atom stereocenters. The smallest absolute Gasteiger partial charge is 0.330 e. The Morgan fingerprint density at radius 2 is 1.55 bits per heavy atom. The molecule has 3 aromatic carbocycles. The van der Waals surface area contributed by atoms with Gasteiger partial charge in [0.15, 0.2) is 9.03 Å². The van der Waals surface area contributed by atoms with Crippen molar-refractivity contribution in [2.45, 2.75) is 43.7 Å². The van der Waals surface area contributed by atoms with Gasteiger partial charge in [-0.15, -0.1) is 0 Å². The summed E-state index contributed by atoms with van der Waals surface area (Å²) < 4.78 is 19.2. The zero-order valence-electron chi connectivity index (χ0n) is 23.2. The highest BCUT2D eigenvalue weighted by molar-refractivity contribution is 7.26. The van der Waals surface area contributed by atoms with E-state index < -0.39 is 29.1 Å². The van der Waals surface area contributed by atoms with Crippen LogP contribution in [0.5, 0.6) is 0 Å². The molecule has 1 aromatic heterocycles. The zero-order chi connectivity index (χ0) is 29.4. The summed E-state index contributed by atoms with van der Waals surface area (Å²) >= 11 is 0. The fraction of sp³-hybridized carbons (Fsp3) is 0.281. The van der Waals surface area contributed by atoms with Gasteiger partial charge in [0.05, 0.1) is 37.3 Å². The van der Waals surface area contributed by atoms with Crippen LogP contribution in [-0.4, -0.2) is 34.9 Å². The summed E-state index contributed by atoms with van der Waals surface area (Å²) in [7, 11) is -0.257. The number of H-pyrrole nitrogens is 1. The Hall–Kier alpha value is -3.90. The van der Waals surface area contributed by atoms with E-state index in [0.29, 0.717) is 12.0 Å². The molecule has 1 aliphatic rings. The molecular formula is C32H33N4O5P. The number of ether oxygens (including phenoxy) is 1. The minimum Gasteiger partial charge on any atom is -0.351 e. The molecule has 4 aromatic rings. The summed E-state index contributed by atoms with van der Waals surface area (Å²) in [5.41, 5.74) is 1.84. The molecular weight excluding hydrogens is 551 g/mol. The van der Waals surface area contributed by atoms with Crippen molar-refractivity contribution in [3.8, 4) is 6.07 Å². The first-order valence-electron chi connectivity index (χ1n) is 13.8. The van der Waals surface area contributed by atoms with Gasteiger partial charge in [-0.3, -0.25) is 19.7 Å². The Morgan fingerprint density at radius 3 is 2.10 bits per heavy atom. The van der Waals surface area contributed by atoms with Gasteiger partial charge in [-0.25, -0.2) is 4.79 Å². The van der Waals surface area contributed by atoms with E-state index in [2.05, 4.69) is 46.7 Å². The first kappa shape index (κ1) is 29.6. The Labute approximate surface area is 246 Å². The van der Waals surface area contributed by atoms with E-state index in [-0.39, 0.29) is 34.7 Å². The average molecular weight is 585 g/mol. The van der Waals surface area contributed by atoms with Crippen molar-refractivity contribution in [2.75, 3.05) is 13.2 Å². The number of aryl methyl sites for hydroxylation is 1. The summed E-state index contributed by atoms with van der Waals surface area (Å²) in [4.78, 5) is 27.3. The number of hydrogen-bond donors (Lipinski definition) is 2. The Bertz CT molecular complexity index is 1510. The number of hydrogen-bond acceptors (Lipinski definition) is 7. The molecule has 1 aliphatic heterocycles. The fourth-order valence-corrected chi connectivity index (χ4v) is 5.90. The van der Waals surface area contributed by atoms with Crippen molar-refractivity contribution in [3.05, 3.63) is 140 Å². The second kappa shape index (κ2) is 13.8. The van der Waals surface area contributed by atoms with E-state index in [4.69, 9.17) is 19.0 Å². The predicted octanol–water partition coefficient (Wildman–Crippen LogP) is 4.54. The second-order valence-corrected chi connectivity index (χ2v) is 10.8. The summed E-state index contributed by atoms with van der Waals surface area (Å²) in [5.74, 6) is 0. The number of nitrogens with zero attached hydrogens (tertiary/aromatic N) is 2. The molecule has 0 spiro atoms. The van der Waals surface area contributed by atoms with Crippen LogP contribution >= 0.6 is 9.03 Å². The van der Waals surface area contributed by atoms with Crippen LogP contribution in [-0.2, 0) is 19.3 Å². The number of nitriles is 1. The maximum absolute atomic E-state index is 12.8. The molecule has 0 aliphatic carbocycles. The molecule has 0 bridgehead atoms. The normalized spacial score (nSPS) is 18.8. The number of aromatic amines is 1. The van der Waals surface area contributed by atoms with Crippen molar-refractivity contribution < 1.29 is 13.8 Å². The van der Waals surface area contributed by atoms with Gasteiger partial charge in [0.25, 0.3) is 5.56 Å². The third kappa shape index (κ3) is 6.44. The Balaban J connectivity index is 1.55. The Morgan fingerprint density at radius 1 is 0.976 bits per heavy atom. The molecule has 0 saturated carbocycles. The highest BCUT2D eigenvalue weighted by atomic mass is 31.1. The van der Waals surface area contributed by atoms with Crippen LogP contribution in [0.2, 0.25) is 0 Å². The van der Waals surface area contributed by atoms with Gasteiger partial charge < -0.3 is 13.8 Å². The predicted molar refractivity (Wildman–Crippen MR) is 161 cm³/mol. The van der Waals surface area contributed by atoms with Crippen LogP contribution < -0.4 is 16.6 Å². The van der Waals surface area contributed by atoms with Gasteiger partial charge in [-0.2, -0.15) is 5.26 Å². The van der Waals surface area contributed by atoms with Crippen molar-refractivity contribution in [1.82, 2.24) is 14.9 Å². The van der Waals surface area contributed by atoms with Crippen LogP contribution in [0.1, 0.15) is 41.3 Å². The van der Waals surface area contributed by atoms with Crippen molar-refractivity contribution >= 4 is 9.03 Å². The van der Waals surface area contributed by atoms with E-state index in [1.165, 1.54) is 10.8 Å². The lowest BCUT2D eigenvalue weighted by Crippen LogP contribution is -2.53. The lowest BCUT2D eigenvalue weighted by atomic mass is 9.76. The van der Waals surface area contributed by atoms with Crippen LogP contribution in [0.15, 0.2) is 107 Å². The number of rotatable bonds is 12. The number of benzene rings is 3. The maximum atomic E-state index is 12.8. The summed E-state index contributed by atoms with van der Waals surface area (Å²) in [6.45, 7) is 2.14. The first-order chi connectivity index (χ1) is 20.5. The quantitative estimate of drug-likeness (QED) is 0.143. The minimum absolute atomic E-state index is 0.199. The van der Waals surface area contributed by atoms with Crippen LogP contribution in [0, 0.1) is 18.3 Å². The molecule has 42 heavy (non-hydrogen) atoms. The van der Waals surface area contributed by atoms with E-state index >= 15 is 0 Å². The van der Waals surface area contributed by atoms with Crippen molar-refractivity contribution in [2.24, 2.45) is 0 Å². The van der Waals surface area contributed by atoms with E-state index in [0.717, 1.165) is 16.7 Å². The highest BCUT2D eigenvalue weighted by Gasteiger charge is 2.44. The highest BCUT2D eigenvalue weighted by Crippen LogP contribution is 2.40. The molecule has 2 heterocycles. The SMILES string of the molecule is Cc1cn([C@H]2CC(NC(c3ccccc3)(c3ccccc3)c3ccccc3)[C@@H](COPOCCC#N)O2)c(=O)[nH]c1=O.